The molecule has 2 saturated heterocycles. The maximum atomic E-state index is 12.6. The van der Waals surface area contributed by atoms with Gasteiger partial charge in [0.15, 0.2) is 6.54 Å². The van der Waals surface area contributed by atoms with Gasteiger partial charge in [-0.05, 0) is 12.1 Å². The van der Waals surface area contributed by atoms with Crippen LogP contribution in [0.1, 0.15) is 12.0 Å². The van der Waals surface area contributed by atoms with Gasteiger partial charge in [-0.1, -0.05) is 54.1 Å². The van der Waals surface area contributed by atoms with E-state index in [-0.39, 0.29) is 5.91 Å². The van der Waals surface area contributed by atoms with E-state index in [1.807, 2.05) is 18.2 Å². The predicted octanol–water partition coefficient (Wildman–Crippen LogP) is 0.0185. The molecule has 2 atom stereocenters. The van der Waals surface area contributed by atoms with Gasteiger partial charge in [-0.2, -0.15) is 0 Å². The Morgan fingerprint density at radius 3 is 2.48 bits per heavy atom. The molecular formula is C23H31ClN4O+2. The molecule has 29 heavy (non-hydrogen) atoms. The van der Waals surface area contributed by atoms with E-state index in [0.29, 0.717) is 12.6 Å². The van der Waals surface area contributed by atoms with Gasteiger partial charge in [-0.3, -0.25) is 4.79 Å². The Labute approximate surface area is 178 Å². The largest absolute Gasteiger partial charge is 0.359 e. The van der Waals surface area contributed by atoms with Gasteiger partial charge in [-0.15, -0.1) is 0 Å². The topological polar surface area (TPSA) is 41.2 Å². The summed E-state index contributed by atoms with van der Waals surface area (Å²) in [7, 11) is 0. The normalized spacial score (nSPS) is 22.6. The number of quaternary nitrogens is 2. The molecule has 2 aliphatic heterocycles. The van der Waals surface area contributed by atoms with E-state index in [1.165, 1.54) is 10.5 Å². The van der Waals surface area contributed by atoms with Crippen LogP contribution in [0.3, 0.4) is 0 Å². The number of para-hydroxylation sites is 1. The summed E-state index contributed by atoms with van der Waals surface area (Å²) >= 11 is 6.32. The van der Waals surface area contributed by atoms with Crippen LogP contribution in [0.2, 0.25) is 5.02 Å². The van der Waals surface area contributed by atoms with E-state index in [4.69, 9.17) is 11.6 Å². The molecule has 0 bridgehead atoms. The van der Waals surface area contributed by atoms with Crippen LogP contribution in [0.15, 0.2) is 54.6 Å². The summed E-state index contributed by atoms with van der Waals surface area (Å²) in [5.74, 6) is 0.192. The monoisotopic (exact) mass is 414 g/mol. The summed E-state index contributed by atoms with van der Waals surface area (Å²) in [4.78, 5) is 17.8. The van der Waals surface area contributed by atoms with E-state index < -0.39 is 0 Å². The molecule has 1 unspecified atom stereocenters. The van der Waals surface area contributed by atoms with E-state index >= 15 is 0 Å². The second-order valence-electron chi connectivity index (χ2n) is 8.28. The van der Waals surface area contributed by atoms with Gasteiger partial charge in [0.25, 0.3) is 5.91 Å². The third-order valence-electron chi connectivity index (χ3n) is 6.12. The van der Waals surface area contributed by atoms with Crippen LogP contribution in [0.5, 0.6) is 0 Å². The molecule has 0 saturated carbocycles. The number of anilines is 1. The van der Waals surface area contributed by atoms with Crippen molar-refractivity contribution in [3.63, 3.8) is 0 Å². The predicted molar refractivity (Wildman–Crippen MR) is 117 cm³/mol. The van der Waals surface area contributed by atoms with Crippen molar-refractivity contribution in [1.29, 1.82) is 0 Å². The van der Waals surface area contributed by atoms with Crippen LogP contribution in [0.25, 0.3) is 0 Å². The summed E-state index contributed by atoms with van der Waals surface area (Å²) in [5.41, 5.74) is 2.47. The van der Waals surface area contributed by atoms with E-state index in [0.717, 1.165) is 62.9 Å². The van der Waals surface area contributed by atoms with Crippen molar-refractivity contribution in [2.75, 3.05) is 50.7 Å². The fourth-order valence-corrected chi connectivity index (χ4v) is 4.81. The SMILES string of the molecule is O=C(C[NH+]1CCN(c2ccccc2Cl)CC1)N[C@@H]1CC[NH+](Cc2ccccc2)C1. The molecule has 2 aromatic carbocycles. The molecule has 2 aromatic rings. The quantitative estimate of drug-likeness (QED) is 0.623. The van der Waals surface area contributed by atoms with Crippen molar-refractivity contribution in [1.82, 2.24) is 5.32 Å². The molecule has 5 nitrogen and oxygen atoms in total. The number of hydrogen-bond donors (Lipinski definition) is 3. The first-order chi connectivity index (χ1) is 14.2. The van der Waals surface area contributed by atoms with Crippen molar-refractivity contribution in [3.05, 3.63) is 65.2 Å². The highest BCUT2D eigenvalue weighted by atomic mass is 35.5. The number of benzene rings is 2. The van der Waals surface area contributed by atoms with Crippen molar-refractivity contribution in [2.24, 2.45) is 0 Å². The Bertz CT molecular complexity index is 808. The smallest absolute Gasteiger partial charge is 0.275 e. The van der Waals surface area contributed by atoms with Gasteiger partial charge in [-0.25, -0.2) is 0 Å². The number of nitrogens with one attached hydrogen (secondary N) is 3. The average molecular weight is 415 g/mol. The van der Waals surface area contributed by atoms with Gasteiger partial charge in [0.2, 0.25) is 0 Å². The van der Waals surface area contributed by atoms with Crippen molar-refractivity contribution >= 4 is 23.2 Å². The fourth-order valence-electron chi connectivity index (χ4n) is 4.55. The molecule has 1 amide bonds. The van der Waals surface area contributed by atoms with Crippen molar-refractivity contribution in [2.45, 2.75) is 19.0 Å². The molecule has 154 valence electrons. The minimum Gasteiger partial charge on any atom is -0.359 e. The van der Waals surface area contributed by atoms with Crippen molar-refractivity contribution in [3.8, 4) is 0 Å². The van der Waals surface area contributed by atoms with Crippen LogP contribution < -0.4 is 20.0 Å². The minimum absolute atomic E-state index is 0.192. The number of carbonyl (C=O) groups is 1. The Morgan fingerprint density at radius 2 is 1.72 bits per heavy atom. The maximum absolute atomic E-state index is 12.6. The molecule has 2 fully saturated rings. The van der Waals surface area contributed by atoms with E-state index in [2.05, 4.69) is 46.6 Å². The third-order valence-corrected chi connectivity index (χ3v) is 6.44. The second kappa shape index (κ2) is 9.61. The minimum atomic E-state index is 0.192. The molecule has 0 aromatic heterocycles. The highest BCUT2D eigenvalue weighted by Gasteiger charge is 2.29. The molecule has 6 heteroatoms. The lowest BCUT2D eigenvalue weighted by Crippen LogP contribution is -3.16. The Balaban J connectivity index is 1.19. The first kappa shape index (κ1) is 20.2. The van der Waals surface area contributed by atoms with Crippen LogP contribution in [-0.4, -0.2) is 57.8 Å². The number of amides is 1. The van der Waals surface area contributed by atoms with Gasteiger partial charge < -0.3 is 20.0 Å². The highest BCUT2D eigenvalue weighted by molar-refractivity contribution is 6.33. The number of likely N-dealkylation sites (tertiary alicyclic amines) is 1. The average Bonchev–Trinajstić information content (AvgIpc) is 3.16. The van der Waals surface area contributed by atoms with Gasteiger partial charge in [0, 0.05) is 12.0 Å². The van der Waals surface area contributed by atoms with Crippen LogP contribution in [0.4, 0.5) is 5.69 Å². The Hall–Kier alpha value is -2.08. The van der Waals surface area contributed by atoms with Crippen LogP contribution >= 0.6 is 11.6 Å². The fraction of sp³-hybridized carbons (Fsp3) is 0.435. The standard InChI is InChI=1S/C23H29ClN4O/c24-21-8-4-5-9-22(21)28-14-12-26(13-15-28)18-23(29)25-20-10-11-27(17-20)16-19-6-2-1-3-7-19/h1-9,20H,10-18H2,(H,25,29)/p+2/t20-/m1/s1. The molecular weight excluding hydrogens is 384 g/mol. The lowest BCUT2D eigenvalue weighted by atomic mass is 10.2. The maximum Gasteiger partial charge on any atom is 0.275 e. The van der Waals surface area contributed by atoms with Gasteiger partial charge in [0.1, 0.15) is 6.54 Å². The number of nitrogens with zero attached hydrogens (tertiary/aromatic N) is 1. The molecule has 4 rings (SSSR count). The van der Waals surface area contributed by atoms with Gasteiger partial charge in [0.05, 0.1) is 56.0 Å². The second-order valence-corrected chi connectivity index (χ2v) is 8.69. The molecule has 3 N–H and O–H groups in total. The number of hydrogen-bond acceptors (Lipinski definition) is 2. The lowest BCUT2D eigenvalue weighted by Gasteiger charge is -2.33. The molecule has 2 heterocycles. The highest BCUT2D eigenvalue weighted by Crippen LogP contribution is 2.24. The zero-order valence-corrected chi connectivity index (χ0v) is 17.6. The van der Waals surface area contributed by atoms with E-state index in [1.54, 1.807) is 4.90 Å². The van der Waals surface area contributed by atoms with E-state index in [9.17, 15) is 4.79 Å². The summed E-state index contributed by atoms with van der Waals surface area (Å²) in [6, 6.07) is 18.9. The molecule has 2 aliphatic rings. The summed E-state index contributed by atoms with van der Waals surface area (Å²) in [6.07, 6.45) is 1.07. The van der Waals surface area contributed by atoms with Crippen LogP contribution in [0, 0.1) is 0 Å². The first-order valence-electron chi connectivity index (χ1n) is 10.7. The number of halogens is 1. The van der Waals surface area contributed by atoms with Crippen LogP contribution in [-0.2, 0) is 11.3 Å². The zero-order chi connectivity index (χ0) is 20.1. The zero-order valence-electron chi connectivity index (χ0n) is 16.9. The number of carbonyl (C=O) groups excluding carboxylic acids is 1. The molecule has 0 spiro atoms. The lowest BCUT2D eigenvalue weighted by molar-refractivity contribution is -0.901. The summed E-state index contributed by atoms with van der Waals surface area (Å²) in [5, 5.41) is 4.08. The third kappa shape index (κ3) is 5.50. The molecule has 0 aliphatic carbocycles. The summed E-state index contributed by atoms with van der Waals surface area (Å²) < 4.78 is 0. The Morgan fingerprint density at radius 1 is 1.00 bits per heavy atom. The first-order valence-corrected chi connectivity index (χ1v) is 11.0. The summed E-state index contributed by atoms with van der Waals surface area (Å²) in [6.45, 7) is 7.57. The van der Waals surface area contributed by atoms with Crippen molar-refractivity contribution < 1.29 is 14.6 Å². The van der Waals surface area contributed by atoms with Gasteiger partial charge >= 0.3 is 0 Å². The number of rotatable bonds is 6. The Kier molecular flexibility index (Phi) is 6.70. The molecule has 0 radical (unpaired) electrons. The number of piperazine rings is 1.